The average Bonchev–Trinajstić information content (AvgIpc) is 3.25. The zero-order chi connectivity index (χ0) is 29.2. The van der Waals surface area contributed by atoms with Crippen LogP contribution < -0.4 is 4.74 Å². The number of carbonyl (C=O) groups is 1. The van der Waals surface area contributed by atoms with Crippen molar-refractivity contribution in [1.29, 1.82) is 0 Å². The molecule has 0 radical (unpaired) electrons. The lowest BCUT2D eigenvalue weighted by atomic mass is 10.0. The number of aryl methyl sites for hydroxylation is 3. The highest BCUT2D eigenvalue weighted by atomic mass is 32.2. The van der Waals surface area contributed by atoms with Crippen LogP contribution in [0.15, 0.2) is 102 Å². The molecule has 0 aliphatic heterocycles. The second-order valence-corrected chi connectivity index (χ2v) is 11.4. The lowest BCUT2D eigenvalue weighted by molar-refractivity contribution is -0.0436. The third kappa shape index (κ3) is 5.88. The van der Waals surface area contributed by atoms with Crippen molar-refractivity contribution in [1.82, 2.24) is 9.78 Å². The molecule has 41 heavy (non-hydrogen) atoms. The molecule has 5 aromatic rings. The number of halogens is 3. The molecule has 0 aliphatic carbocycles. The summed E-state index contributed by atoms with van der Waals surface area (Å²) in [5, 5.41) is 6.87. The molecule has 0 saturated heterocycles. The molecule has 0 fully saturated rings. The Bertz CT molecular complexity index is 1810. The molecule has 0 bridgehead atoms. The highest BCUT2D eigenvalue weighted by Crippen LogP contribution is 2.31. The van der Waals surface area contributed by atoms with Crippen LogP contribution in [0.4, 0.5) is 13.2 Å². The largest absolute Gasteiger partial charge is 0.501 e. The summed E-state index contributed by atoms with van der Waals surface area (Å²) in [6, 6.07) is 27.2. The van der Waals surface area contributed by atoms with E-state index in [4.69, 9.17) is 4.74 Å². The van der Waals surface area contributed by atoms with Gasteiger partial charge in [-0.15, -0.1) is 0 Å². The van der Waals surface area contributed by atoms with Gasteiger partial charge in [-0.05, 0) is 59.5 Å². The van der Waals surface area contributed by atoms with Gasteiger partial charge in [-0.1, -0.05) is 72.8 Å². The molecule has 5 rings (SSSR count). The fourth-order valence-corrected chi connectivity index (χ4v) is 5.42. The first-order chi connectivity index (χ1) is 19.5. The summed E-state index contributed by atoms with van der Waals surface area (Å²) in [6.45, 7) is 2.22. The maximum Gasteiger partial charge on any atom is 0.501 e. The summed E-state index contributed by atoms with van der Waals surface area (Å²) in [4.78, 5) is 12.2. The first-order valence-electron chi connectivity index (χ1n) is 12.7. The van der Waals surface area contributed by atoms with Crippen molar-refractivity contribution >= 4 is 26.6 Å². The van der Waals surface area contributed by atoms with E-state index in [1.165, 1.54) is 0 Å². The number of sulfone groups is 1. The molecule has 10 heteroatoms. The molecule has 0 spiro atoms. The predicted molar refractivity (Wildman–Crippen MR) is 149 cm³/mol. The van der Waals surface area contributed by atoms with Crippen LogP contribution in [0.1, 0.15) is 32.7 Å². The van der Waals surface area contributed by atoms with Crippen LogP contribution in [0.25, 0.3) is 10.8 Å². The Morgan fingerprint density at radius 1 is 0.878 bits per heavy atom. The van der Waals surface area contributed by atoms with Crippen molar-refractivity contribution in [2.24, 2.45) is 0 Å². The van der Waals surface area contributed by atoms with Crippen LogP contribution in [-0.4, -0.2) is 29.7 Å². The fraction of sp³-hybridized carbons (Fsp3) is 0.161. The summed E-state index contributed by atoms with van der Waals surface area (Å²) >= 11 is 0. The Morgan fingerprint density at radius 3 is 2.24 bits per heavy atom. The number of alkyl halides is 3. The second kappa shape index (κ2) is 11.2. The fourth-order valence-electron chi connectivity index (χ4n) is 4.65. The number of fused-ring (bicyclic) bond motifs is 1. The van der Waals surface area contributed by atoms with Gasteiger partial charge in [0, 0.05) is 18.5 Å². The van der Waals surface area contributed by atoms with E-state index in [2.05, 4.69) is 5.10 Å². The summed E-state index contributed by atoms with van der Waals surface area (Å²) in [6.07, 6.45) is 1.04. The van der Waals surface area contributed by atoms with E-state index in [0.717, 1.165) is 46.2 Å². The van der Waals surface area contributed by atoms with Crippen LogP contribution in [0.3, 0.4) is 0 Å². The minimum absolute atomic E-state index is 0.101. The zero-order valence-electron chi connectivity index (χ0n) is 21.9. The number of rotatable bonds is 8. The summed E-state index contributed by atoms with van der Waals surface area (Å²) in [5.41, 5.74) is -2.12. The zero-order valence-corrected chi connectivity index (χ0v) is 22.7. The monoisotopic (exact) mass is 578 g/mol. The molecule has 1 heterocycles. The van der Waals surface area contributed by atoms with Crippen molar-refractivity contribution in [2.75, 3.05) is 0 Å². The Morgan fingerprint density at radius 2 is 1.54 bits per heavy atom. The van der Waals surface area contributed by atoms with E-state index in [-0.39, 0.29) is 11.4 Å². The number of hydrogen-bond donors (Lipinski definition) is 0. The molecular weight excluding hydrogens is 553 g/mol. The lowest BCUT2D eigenvalue weighted by Crippen LogP contribution is -2.23. The van der Waals surface area contributed by atoms with E-state index >= 15 is 0 Å². The van der Waals surface area contributed by atoms with Crippen LogP contribution in [0.2, 0.25) is 0 Å². The Labute approximate surface area is 234 Å². The van der Waals surface area contributed by atoms with Crippen LogP contribution in [0.5, 0.6) is 5.88 Å². The number of esters is 1. The Balaban J connectivity index is 1.46. The smallest absolute Gasteiger partial charge is 0.404 e. The second-order valence-electron chi connectivity index (χ2n) is 9.51. The van der Waals surface area contributed by atoms with Gasteiger partial charge in [0.15, 0.2) is 0 Å². The summed E-state index contributed by atoms with van der Waals surface area (Å²) in [7, 11) is -5.54. The van der Waals surface area contributed by atoms with E-state index < -0.39 is 26.2 Å². The van der Waals surface area contributed by atoms with Gasteiger partial charge in [0.1, 0.15) is 0 Å². The maximum atomic E-state index is 13.2. The van der Waals surface area contributed by atoms with Gasteiger partial charge in [0.25, 0.3) is 9.84 Å². The molecule has 0 unspecified atom stereocenters. The standard InChI is InChI=1S/C31H25F3N2O4S/c1-21-28(20-22-8-3-2-4-9-22)29(36(35-21)19-18-24-12-7-11-23-10-5-6-13-27(23)24)40-30(37)25-14-16-26(17-15-25)41(38,39)31(32,33)34/h2-17H,18-20H2,1H3. The SMILES string of the molecule is Cc1nn(CCc2cccc3ccccc23)c(OC(=O)c2ccc(S(=O)(=O)C(F)(F)F)cc2)c1Cc1ccccc1. The van der Waals surface area contributed by atoms with Crippen molar-refractivity contribution in [3.63, 3.8) is 0 Å². The minimum Gasteiger partial charge on any atom is -0.404 e. The number of ether oxygens (including phenoxy) is 1. The predicted octanol–water partition coefficient (Wildman–Crippen LogP) is 6.69. The van der Waals surface area contributed by atoms with Crippen molar-refractivity contribution in [3.8, 4) is 5.88 Å². The number of hydrogen-bond acceptors (Lipinski definition) is 5. The van der Waals surface area contributed by atoms with Gasteiger partial charge in [0.2, 0.25) is 5.88 Å². The molecule has 1 aromatic heterocycles. The molecule has 0 N–H and O–H groups in total. The average molecular weight is 579 g/mol. The first-order valence-corrected chi connectivity index (χ1v) is 14.2. The topological polar surface area (TPSA) is 78.3 Å². The van der Waals surface area contributed by atoms with Crippen LogP contribution in [0, 0.1) is 6.92 Å². The van der Waals surface area contributed by atoms with Crippen LogP contribution in [-0.2, 0) is 29.2 Å². The maximum absolute atomic E-state index is 13.2. The normalized spacial score (nSPS) is 12.0. The van der Waals surface area contributed by atoms with Gasteiger partial charge in [-0.2, -0.15) is 18.3 Å². The van der Waals surface area contributed by atoms with E-state index in [1.54, 1.807) is 4.68 Å². The molecule has 0 saturated carbocycles. The summed E-state index contributed by atoms with van der Waals surface area (Å²) < 4.78 is 69.6. The third-order valence-corrected chi connectivity index (χ3v) is 8.29. The van der Waals surface area contributed by atoms with Crippen molar-refractivity contribution < 1.29 is 31.1 Å². The first kappa shape index (κ1) is 28.1. The number of nitrogens with zero attached hydrogens (tertiary/aromatic N) is 2. The van der Waals surface area contributed by atoms with Gasteiger partial charge < -0.3 is 4.74 Å². The van der Waals surface area contributed by atoms with E-state index in [1.807, 2.05) is 79.7 Å². The molecule has 4 aromatic carbocycles. The highest BCUT2D eigenvalue weighted by molar-refractivity contribution is 7.92. The van der Waals surface area contributed by atoms with Gasteiger partial charge in [0.05, 0.1) is 16.2 Å². The summed E-state index contributed by atoms with van der Waals surface area (Å²) in [5.74, 6) is -0.620. The van der Waals surface area contributed by atoms with Gasteiger partial charge in [-0.3, -0.25) is 0 Å². The molecule has 0 aliphatic rings. The number of carbonyl (C=O) groups excluding carboxylic acids is 1. The number of benzene rings is 4. The van der Waals surface area contributed by atoms with Gasteiger partial charge >= 0.3 is 11.5 Å². The van der Waals surface area contributed by atoms with E-state index in [9.17, 15) is 26.4 Å². The highest BCUT2D eigenvalue weighted by Gasteiger charge is 2.46. The molecule has 6 nitrogen and oxygen atoms in total. The molecule has 210 valence electrons. The minimum atomic E-state index is -5.54. The third-order valence-electron chi connectivity index (χ3n) is 6.79. The lowest BCUT2D eigenvalue weighted by Gasteiger charge is -2.12. The molecule has 0 amide bonds. The van der Waals surface area contributed by atoms with E-state index in [0.29, 0.717) is 30.6 Å². The number of aromatic nitrogens is 2. The van der Waals surface area contributed by atoms with Crippen LogP contribution >= 0.6 is 0 Å². The van der Waals surface area contributed by atoms with Crippen molar-refractivity contribution in [3.05, 3.63) is 125 Å². The quantitative estimate of drug-likeness (QED) is 0.192. The Kier molecular flexibility index (Phi) is 7.68. The molecular formula is C31H25F3N2O4S. The Hall–Kier alpha value is -4.44. The van der Waals surface area contributed by atoms with Gasteiger partial charge in [-0.25, -0.2) is 17.9 Å². The molecule has 0 atom stereocenters. The van der Waals surface area contributed by atoms with Crippen molar-refractivity contribution in [2.45, 2.75) is 36.7 Å².